The van der Waals surface area contributed by atoms with Crippen LogP contribution >= 0.6 is 0 Å². The monoisotopic (exact) mass is 720 g/mol. The Kier molecular flexibility index (Phi) is 24.0. The van der Waals surface area contributed by atoms with Gasteiger partial charge in [-0.15, -0.1) is 0 Å². The van der Waals surface area contributed by atoms with Gasteiger partial charge in [-0.05, 0) is 48.5 Å². The molecule has 0 radical (unpaired) electrons. The van der Waals surface area contributed by atoms with Crippen molar-refractivity contribution in [1.29, 1.82) is 0 Å². The average Bonchev–Trinajstić information content (AvgIpc) is 2.92. The normalized spacial score (nSPS) is 10.1. The first kappa shape index (κ1) is 42.1. The number of rotatable bonds is 0. The quantitative estimate of drug-likeness (QED) is 0.110. The van der Waals surface area contributed by atoms with Crippen LogP contribution in [0.25, 0.3) is 0 Å². The Morgan fingerprint density at radius 1 is 0.390 bits per heavy atom. The van der Waals surface area contributed by atoms with E-state index in [2.05, 4.69) is 19.9 Å². The molecule has 0 aromatic carbocycles. The maximum atomic E-state index is 10.7. The molecule has 4 heterocycles. The largest absolute Gasteiger partial charge is 2.00 e. The van der Waals surface area contributed by atoms with Crippen molar-refractivity contribution in [3.05, 3.63) is 122 Å². The fraction of sp³-hybridized carbons (Fsp3) is 0.0909. The van der Waals surface area contributed by atoms with Gasteiger partial charge < -0.3 is 9.11 Å². The molecule has 0 aliphatic rings. The van der Waals surface area contributed by atoms with Crippen molar-refractivity contribution >= 4 is 20.2 Å². The van der Waals surface area contributed by atoms with Crippen LogP contribution in [0.5, 0.6) is 0 Å². The summed E-state index contributed by atoms with van der Waals surface area (Å²) in [6, 6.07) is 22.9. The molecule has 228 valence electrons. The van der Waals surface area contributed by atoms with Gasteiger partial charge in [-0.2, -0.15) is 26.3 Å². The summed E-state index contributed by atoms with van der Waals surface area (Å²) in [5, 5.41) is 0. The van der Waals surface area contributed by atoms with Crippen LogP contribution in [0.3, 0.4) is 0 Å². The third-order valence-electron chi connectivity index (χ3n) is 2.83. The fourth-order valence-electron chi connectivity index (χ4n) is 1.25. The van der Waals surface area contributed by atoms with E-state index in [-0.39, 0.29) is 20.4 Å². The topological polar surface area (TPSA) is 166 Å². The van der Waals surface area contributed by atoms with E-state index in [1.807, 2.05) is 72.8 Å². The van der Waals surface area contributed by atoms with Crippen LogP contribution in [0.2, 0.25) is 0 Å². The van der Waals surface area contributed by atoms with Crippen molar-refractivity contribution in [2.45, 2.75) is 11.0 Å². The van der Waals surface area contributed by atoms with Gasteiger partial charge in [0.05, 0.1) is 0 Å². The van der Waals surface area contributed by atoms with Crippen molar-refractivity contribution in [2.24, 2.45) is 0 Å². The summed E-state index contributed by atoms with van der Waals surface area (Å²) < 4.78 is 118. The first-order valence-electron chi connectivity index (χ1n) is 9.94. The number of halogens is 6. The first-order valence-corrected chi connectivity index (χ1v) is 12.8. The molecule has 4 rings (SSSR count). The van der Waals surface area contributed by atoms with E-state index < -0.39 is 31.3 Å². The maximum absolute atomic E-state index is 10.7. The van der Waals surface area contributed by atoms with Gasteiger partial charge in [0.15, 0.2) is 20.2 Å². The van der Waals surface area contributed by atoms with E-state index in [0.717, 1.165) is 0 Å². The van der Waals surface area contributed by atoms with Gasteiger partial charge in [-0.25, -0.2) is 16.8 Å². The Morgan fingerprint density at radius 3 is 0.537 bits per heavy atom. The molecule has 0 saturated heterocycles. The molecule has 19 heteroatoms. The molecular weight excluding hydrogens is 701 g/mol. The molecular formula is C22H20F6N4O6PdS2. The van der Waals surface area contributed by atoms with Crippen molar-refractivity contribution in [3.63, 3.8) is 0 Å². The summed E-state index contributed by atoms with van der Waals surface area (Å²) in [5.74, 6) is 0. The molecule has 0 spiro atoms. The minimum Gasteiger partial charge on any atom is -0.741 e. The van der Waals surface area contributed by atoms with Gasteiger partial charge in [0, 0.05) is 49.6 Å². The first-order chi connectivity index (χ1) is 18.5. The molecule has 0 saturated carbocycles. The molecule has 10 nitrogen and oxygen atoms in total. The van der Waals surface area contributed by atoms with Crippen LogP contribution in [-0.4, -0.2) is 56.9 Å². The van der Waals surface area contributed by atoms with Crippen LogP contribution in [0.1, 0.15) is 0 Å². The maximum Gasteiger partial charge on any atom is 2.00 e. The standard InChI is InChI=1S/4C5H5N.2CHF3O3S.Pd/c4*1-2-4-6-5-3-1;2*2-1(3,4)8(5,6)7;/h4*1-5H;2*(H,5,6,7);/q;;;;;;+2/p-2. The number of pyridine rings is 4. The predicted octanol–water partition coefficient (Wildman–Crippen LogP) is 4.43. The molecule has 0 atom stereocenters. The van der Waals surface area contributed by atoms with Gasteiger partial charge in [-0.3, -0.25) is 19.9 Å². The van der Waals surface area contributed by atoms with E-state index in [1.54, 1.807) is 49.6 Å². The van der Waals surface area contributed by atoms with Crippen LogP contribution in [0.4, 0.5) is 26.3 Å². The minimum atomic E-state index is -6.09. The number of hydrogen-bond acceptors (Lipinski definition) is 10. The summed E-state index contributed by atoms with van der Waals surface area (Å²) in [7, 11) is -12.2. The van der Waals surface area contributed by atoms with E-state index in [4.69, 9.17) is 25.9 Å². The molecule has 0 N–H and O–H groups in total. The summed E-state index contributed by atoms with van der Waals surface area (Å²) in [6.07, 6.45) is 14.0. The molecule has 41 heavy (non-hydrogen) atoms. The van der Waals surface area contributed by atoms with Gasteiger partial charge in [0.1, 0.15) is 0 Å². The van der Waals surface area contributed by atoms with E-state index in [0.29, 0.717) is 0 Å². The van der Waals surface area contributed by atoms with Crippen molar-refractivity contribution in [2.75, 3.05) is 0 Å². The summed E-state index contributed by atoms with van der Waals surface area (Å²) in [6.45, 7) is 0. The number of hydrogen-bond donors (Lipinski definition) is 0. The zero-order valence-corrected chi connectivity index (χ0v) is 23.4. The number of aromatic nitrogens is 4. The second kappa shape index (κ2) is 23.4. The third kappa shape index (κ3) is 29.5. The van der Waals surface area contributed by atoms with Crippen LogP contribution in [0, 0.1) is 0 Å². The molecule has 0 amide bonds. The van der Waals surface area contributed by atoms with Gasteiger partial charge in [0.2, 0.25) is 0 Å². The average molecular weight is 721 g/mol. The molecule has 0 aliphatic carbocycles. The van der Waals surface area contributed by atoms with E-state index >= 15 is 0 Å². The Morgan fingerprint density at radius 2 is 0.512 bits per heavy atom. The summed E-state index contributed by atoms with van der Waals surface area (Å²) in [4.78, 5) is 15.1. The second-order valence-corrected chi connectivity index (χ2v) is 8.64. The molecule has 0 unspecified atom stereocenters. The van der Waals surface area contributed by atoms with Crippen molar-refractivity contribution in [1.82, 2.24) is 19.9 Å². The smallest absolute Gasteiger partial charge is 0.741 e. The van der Waals surface area contributed by atoms with Gasteiger partial charge in [0.25, 0.3) is 0 Å². The zero-order valence-electron chi connectivity index (χ0n) is 20.2. The van der Waals surface area contributed by atoms with Crippen molar-refractivity contribution < 1.29 is 72.7 Å². The van der Waals surface area contributed by atoms with Crippen LogP contribution in [-0.2, 0) is 40.7 Å². The fourth-order valence-corrected chi connectivity index (χ4v) is 1.25. The zero-order chi connectivity index (χ0) is 31.0. The summed E-state index contributed by atoms with van der Waals surface area (Å²) in [5.41, 5.74) is -11.3. The van der Waals surface area contributed by atoms with E-state index in [1.165, 1.54) is 0 Å². The van der Waals surface area contributed by atoms with Crippen LogP contribution < -0.4 is 0 Å². The van der Waals surface area contributed by atoms with Gasteiger partial charge >= 0.3 is 31.4 Å². The van der Waals surface area contributed by atoms with E-state index in [9.17, 15) is 26.3 Å². The molecule has 0 bridgehead atoms. The van der Waals surface area contributed by atoms with Crippen molar-refractivity contribution in [3.8, 4) is 0 Å². The molecule has 4 aromatic heterocycles. The SMILES string of the molecule is O=S(=O)([O-])C(F)(F)F.O=S(=O)([O-])C(F)(F)F.[Pd+2].c1ccncc1.c1ccncc1.c1ccncc1.c1ccncc1. The van der Waals surface area contributed by atoms with Crippen LogP contribution in [0.15, 0.2) is 122 Å². The number of nitrogens with zero attached hydrogens (tertiary/aromatic N) is 4. The molecule has 0 fully saturated rings. The Balaban J connectivity index is -0.000000422. The Labute approximate surface area is 245 Å². The molecule has 4 aromatic rings. The third-order valence-corrected chi connectivity index (χ3v) is 3.97. The predicted molar refractivity (Wildman–Crippen MR) is 128 cm³/mol. The Bertz CT molecular complexity index is 1040. The number of alkyl halides is 6. The molecule has 0 aliphatic heterocycles. The minimum absolute atomic E-state index is 0. The summed E-state index contributed by atoms with van der Waals surface area (Å²) >= 11 is 0. The Hall–Kier alpha value is -3.34. The second-order valence-electron chi connectivity index (χ2n) is 5.90. The van der Waals surface area contributed by atoms with Gasteiger partial charge in [-0.1, -0.05) is 24.3 Å².